The molecule has 0 amide bonds. The number of nitrogens with one attached hydrogen (secondary N) is 1. The van der Waals surface area contributed by atoms with Crippen LogP contribution in [0.15, 0.2) is 18.2 Å². The molecule has 0 spiro atoms. The van der Waals surface area contributed by atoms with Gasteiger partial charge in [-0.1, -0.05) is 6.92 Å². The van der Waals surface area contributed by atoms with Gasteiger partial charge in [-0.15, -0.1) is 0 Å². The first-order chi connectivity index (χ1) is 9.72. The van der Waals surface area contributed by atoms with Crippen LogP contribution < -0.4 is 10.1 Å². The van der Waals surface area contributed by atoms with E-state index in [1.165, 1.54) is 18.7 Å². The number of hydrogen-bond acceptors (Lipinski definition) is 4. The Balaban J connectivity index is 2.08. The maximum Gasteiger partial charge on any atom is 0.165 e. The molecule has 1 N–H and O–H groups in total. The molecule has 104 valence electrons. The van der Waals surface area contributed by atoms with E-state index in [9.17, 15) is 4.39 Å². The van der Waals surface area contributed by atoms with Crippen LogP contribution in [0.4, 0.5) is 10.2 Å². The van der Waals surface area contributed by atoms with Crippen molar-refractivity contribution in [3.05, 3.63) is 35.3 Å². The van der Waals surface area contributed by atoms with Crippen molar-refractivity contribution in [2.24, 2.45) is 0 Å². The average molecular weight is 273 g/mol. The number of benzene rings is 1. The number of nitrogens with zero attached hydrogens (tertiary/aromatic N) is 2. The Morgan fingerprint density at radius 1 is 1.35 bits per heavy atom. The van der Waals surface area contributed by atoms with E-state index in [0.717, 1.165) is 30.9 Å². The van der Waals surface area contributed by atoms with Crippen molar-refractivity contribution < 1.29 is 9.13 Å². The molecular weight excluding hydrogens is 257 g/mol. The van der Waals surface area contributed by atoms with Gasteiger partial charge < -0.3 is 10.1 Å². The highest BCUT2D eigenvalue weighted by molar-refractivity contribution is 5.62. The Hall–Kier alpha value is -2.17. The molecule has 0 saturated carbocycles. The molecule has 0 radical (unpaired) electrons. The lowest BCUT2D eigenvalue weighted by atomic mass is 10.1. The van der Waals surface area contributed by atoms with Crippen LogP contribution in [-0.4, -0.2) is 23.6 Å². The number of rotatable bonds is 3. The predicted octanol–water partition coefficient (Wildman–Crippen LogP) is 2.82. The second-order valence-corrected chi connectivity index (χ2v) is 4.70. The molecule has 3 rings (SSSR count). The van der Waals surface area contributed by atoms with Crippen LogP contribution in [0.25, 0.3) is 11.4 Å². The lowest BCUT2D eigenvalue weighted by Crippen LogP contribution is -2.01. The second kappa shape index (κ2) is 5.07. The highest BCUT2D eigenvalue weighted by atomic mass is 19.1. The van der Waals surface area contributed by atoms with Crippen LogP contribution in [0.1, 0.15) is 18.2 Å². The van der Waals surface area contributed by atoms with Gasteiger partial charge in [-0.05, 0) is 31.0 Å². The third-order valence-electron chi connectivity index (χ3n) is 3.51. The van der Waals surface area contributed by atoms with Crippen LogP contribution in [0.2, 0.25) is 0 Å². The van der Waals surface area contributed by atoms with Crippen LogP contribution in [0.5, 0.6) is 5.75 Å². The van der Waals surface area contributed by atoms with E-state index in [1.807, 2.05) is 0 Å². The lowest BCUT2D eigenvalue weighted by molar-refractivity contribution is 0.386. The van der Waals surface area contributed by atoms with Gasteiger partial charge in [0.2, 0.25) is 0 Å². The first-order valence-electron chi connectivity index (χ1n) is 6.70. The molecule has 2 heterocycles. The quantitative estimate of drug-likeness (QED) is 0.934. The summed E-state index contributed by atoms with van der Waals surface area (Å²) in [6, 6.07) is 4.79. The fourth-order valence-corrected chi connectivity index (χ4v) is 2.47. The Labute approximate surface area is 117 Å². The zero-order chi connectivity index (χ0) is 14.1. The summed E-state index contributed by atoms with van der Waals surface area (Å²) in [5.74, 6) is 1.25. The summed E-state index contributed by atoms with van der Waals surface area (Å²) in [6.07, 6.45) is 1.80. The molecule has 1 aliphatic heterocycles. The fourth-order valence-electron chi connectivity index (χ4n) is 2.47. The predicted molar refractivity (Wildman–Crippen MR) is 75.5 cm³/mol. The minimum absolute atomic E-state index is 0.226. The highest BCUT2D eigenvalue weighted by Crippen LogP contribution is 2.28. The molecule has 2 aromatic rings. The summed E-state index contributed by atoms with van der Waals surface area (Å²) in [4.78, 5) is 9.07. The maximum absolute atomic E-state index is 13.8. The third-order valence-corrected chi connectivity index (χ3v) is 3.51. The average Bonchev–Trinajstić information content (AvgIpc) is 2.94. The van der Waals surface area contributed by atoms with Crippen molar-refractivity contribution in [2.45, 2.75) is 19.8 Å². The van der Waals surface area contributed by atoms with Crippen molar-refractivity contribution >= 4 is 5.82 Å². The number of halogens is 1. The van der Waals surface area contributed by atoms with Gasteiger partial charge in [0.25, 0.3) is 0 Å². The van der Waals surface area contributed by atoms with E-state index >= 15 is 0 Å². The first-order valence-corrected chi connectivity index (χ1v) is 6.70. The minimum Gasteiger partial charge on any atom is -0.494 e. The fraction of sp³-hybridized carbons (Fsp3) is 0.333. The molecular formula is C15H16FN3O. The summed E-state index contributed by atoms with van der Waals surface area (Å²) in [5, 5.41) is 3.25. The largest absolute Gasteiger partial charge is 0.494 e. The molecule has 1 aromatic heterocycles. The molecule has 0 atom stereocenters. The highest BCUT2D eigenvalue weighted by Gasteiger charge is 2.19. The number of ether oxygens (including phenoxy) is 1. The van der Waals surface area contributed by atoms with E-state index in [2.05, 4.69) is 22.2 Å². The third kappa shape index (κ3) is 2.09. The number of fused-ring (bicyclic) bond motifs is 1. The summed E-state index contributed by atoms with van der Waals surface area (Å²) in [6.45, 7) is 2.96. The van der Waals surface area contributed by atoms with E-state index < -0.39 is 5.82 Å². The van der Waals surface area contributed by atoms with Gasteiger partial charge in [0.1, 0.15) is 5.82 Å². The van der Waals surface area contributed by atoms with Crippen LogP contribution in [0.3, 0.4) is 0 Å². The molecule has 1 aromatic carbocycles. The summed E-state index contributed by atoms with van der Waals surface area (Å²) < 4.78 is 18.7. The Bertz CT molecular complexity index is 658. The summed E-state index contributed by atoms with van der Waals surface area (Å²) in [5.41, 5.74) is 2.88. The Kier molecular flexibility index (Phi) is 3.26. The van der Waals surface area contributed by atoms with E-state index in [4.69, 9.17) is 4.74 Å². The zero-order valence-electron chi connectivity index (χ0n) is 11.5. The molecule has 0 bridgehead atoms. The SMILES string of the molecule is CCc1nc(-c2ccc(OC)c(F)c2)nc2c1CCN2. The minimum atomic E-state index is -0.403. The first kappa shape index (κ1) is 12.8. The van der Waals surface area contributed by atoms with E-state index in [0.29, 0.717) is 11.4 Å². The second-order valence-electron chi connectivity index (χ2n) is 4.70. The zero-order valence-corrected chi connectivity index (χ0v) is 11.5. The van der Waals surface area contributed by atoms with Crippen molar-refractivity contribution in [2.75, 3.05) is 19.0 Å². The summed E-state index contributed by atoms with van der Waals surface area (Å²) in [7, 11) is 1.45. The van der Waals surface area contributed by atoms with Gasteiger partial charge in [0.05, 0.1) is 7.11 Å². The summed E-state index contributed by atoms with van der Waals surface area (Å²) >= 11 is 0. The van der Waals surface area contributed by atoms with Crippen molar-refractivity contribution in [3.63, 3.8) is 0 Å². The lowest BCUT2D eigenvalue weighted by Gasteiger charge is -2.09. The van der Waals surface area contributed by atoms with Gasteiger partial charge >= 0.3 is 0 Å². The number of hydrogen-bond donors (Lipinski definition) is 1. The normalized spacial score (nSPS) is 12.9. The smallest absolute Gasteiger partial charge is 0.165 e. The van der Waals surface area contributed by atoms with Crippen LogP contribution in [-0.2, 0) is 12.8 Å². The Morgan fingerprint density at radius 3 is 2.90 bits per heavy atom. The number of methoxy groups -OCH3 is 1. The number of anilines is 1. The van der Waals surface area contributed by atoms with Crippen molar-refractivity contribution in [1.29, 1.82) is 0 Å². The topological polar surface area (TPSA) is 47.0 Å². The molecule has 20 heavy (non-hydrogen) atoms. The molecule has 5 heteroatoms. The van der Waals surface area contributed by atoms with E-state index in [1.54, 1.807) is 12.1 Å². The van der Waals surface area contributed by atoms with Gasteiger partial charge in [-0.3, -0.25) is 0 Å². The molecule has 0 aliphatic carbocycles. The molecule has 0 fully saturated rings. The molecule has 4 nitrogen and oxygen atoms in total. The number of aryl methyl sites for hydroxylation is 1. The van der Waals surface area contributed by atoms with Gasteiger partial charge in [0, 0.05) is 23.4 Å². The Morgan fingerprint density at radius 2 is 2.20 bits per heavy atom. The molecule has 1 aliphatic rings. The standard InChI is InChI=1S/C15H16FN3O/c1-3-12-10-6-7-17-15(10)19-14(18-12)9-4-5-13(20-2)11(16)8-9/h4-5,8H,3,6-7H2,1-2H3,(H,17,18,19). The van der Waals surface area contributed by atoms with Crippen LogP contribution >= 0.6 is 0 Å². The molecule has 0 unspecified atom stereocenters. The van der Waals surface area contributed by atoms with Crippen LogP contribution in [0, 0.1) is 5.82 Å². The molecule has 0 saturated heterocycles. The van der Waals surface area contributed by atoms with Crippen molar-refractivity contribution in [1.82, 2.24) is 9.97 Å². The van der Waals surface area contributed by atoms with E-state index in [-0.39, 0.29) is 5.75 Å². The number of aromatic nitrogens is 2. The van der Waals surface area contributed by atoms with Gasteiger partial charge in [-0.2, -0.15) is 0 Å². The van der Waals surface area contributed by atoms with Gasteiger partial charge in [-0.25, -0.2) is 14.4 Å². The van der Waals surface area contributed by atoms with Crippen molar-refractivity contribution in [3.8, 4) is 17.1 Å². The van der Waals surface area contributed by atoms with Gasteiger partial charge in [0.15, 0.2) is 17.4 Å². The maximum atomic E-state index is 13.8. The monoisotopic (exact) mass is 273 g/mol.